The summed E-state index contributed by atoms with van der Waals surface area (Å²) in [5, 5.41) is 0. The van der Waals surface area contributed by atoms with E-state index in [0.29, 0.717) is 12.0 Å². The molecular formula is C11H16ClN3O. The fourth-order valence-corrected chi connectivity index (χ4v) is 2.03. The van der Waals surface area contributed by atoms with Gasteiger partial charge < -0.3 is 9.64 Å². The number of hydrogen-bond acceptors (Lipinski definition) is 4. The predicted octanol–water partition coefficient (Wildman–Crippen LogP) is 1.83. The zero-order chi connectivity index (χ0) is 11.4. The van der Waals surface area contributed by atoms with Gasteiger partial charge in [-0.3, -0.25) is 0 Å². The zero-order valence-electron chi connectivity index (χ0n) is 9.40. The number of alkyl halides is 1. The van der Waals surface area contributed by atoms with Crippen molar-refractivity contribution in [3.8, 4) is 0 Å². The van der Waals surface area contributed by atoms with Crippen molar-refractivity contribution in [1.82, 2.24) is 9.97 Å². The van der Waals surface area contributed by atoms with Gasteiger partial charge in [-0.05, 0) is 12.8 Å². The Balaban J connectivity index is 2.05. The Bertz CT molecular complexity index is 331. The Morgan fingerprint density at radius 1 is 1.50 bits per heavy atom. The maximum atomic E-state index is 5.70. The lowest BCUT2D eigenvalue weighted by molar-refractivity contribution is 0.0889. The summed E-state index contributed by atoms with van der Waals surface area (Å²) in [6, 6.07) is 0. The molecule has 2 heterocycles. The molecule has 1 atom stereocenters. The number of methoxy groups -OCH3 is 1. The van der Waals surface area contributed by atoms with Crippen LogP contribution in [-0.2, 0) is 10.6 Å². The number of aromatic nitrogens is 2. The van der Waals surface area contributed by atoms with Crippen molar-refractivity contribution >= 4 is 17.5 Å². The van der Waals surface area contributed by atoms with E-state index in [1.165, 1.54) is 0 Å². The van der Waals surface area contributed by atoms with Crippen LogP contribution in [0.4, 0.5) is 5.95 Å². The van der Waals surface area contributed by atoms with E-state index in [1.807, 2.05) is 0 Å². The number of anilines is 1. The lowest BCUT2D eigenvalue weighted by Gasteiger charge is -2.31. The molecule has 1 saturated heterocycles. The molecule has 16 heavy (non-hydrogen) atoms. The highest BCUT2D eigenvalue weighted by Gasteiger charge is 2.20. The van der Waals surface area contributed by atoms with E-state index in [1.54, 1.807) is 19.5 Å². The number of piperidine rings is 1. The molecule has 0 N–H and O–H groups in total. The number of hydrogen-bond donors (Lipinski definition) is 0. The maximum Gasteiger partial charge on any atom is 0.225 e. The minimum atomic E-state index is 0.296. The Kier molecular flexibility index (Phi) is 3.96. The lowest BCUT2D eigenvalue weighted by Crippen LogP contribution is -2.40. The minimum absolute atomic E-state index is 0.296. The average Bonchev–Trinajstić information content (AvgIpc) is 2.39. The van der Waals surface area contributed by atoms with Crippen LogP contribution >= 0.6 is 11.6 Å². The van der Waals surface area contributed by atoms with Crippen LogP contribution in [0.15, 0.2) is 12.4 Å². The molecule has 1 aliphatic heterocycles. The van der Waals surface area contributed by atoms with Gasteiger partial charge in [0.15, 0.2) is 0 Å². The fourth-order valence-electron chi connectivity index (χ4n) is 1.89. The maximum absolute atomic E-state index is 5.70. The summed E-state index contributed by atoms with van der Waals surface area (Å²) in [4.78, 5) is 10.8. The molecule has 0 aliphatic carbocycles. The summed E-state index contributed by atoms with van der Waals surface area (Å²) < 4.78 is 5.37. The van der Waals surface area contributed by atoms with Crippen molar-refractivity contribution in [2.24, 2.45) is 0 Å². The molecule has 0 radical (unpaired) electrons. The third kappa shape index (κ3) is 2.62. The van der Waals surface area contributed by atoms with E-state index in [2.05, 4.69) is 14.9 Å². The third-order valence-corrected chi connectivity index (χ3v) is 3.15. The van der Waals surface area contributed by atoms with E-state index in [0.717, 1.165) is 37.4 Å². The summed E-state index contributed by atoms with van der Waals surface area (Å²) in [6.07, 6.45) is 6.11. The van der Waals surface area contributed by atoms with Crippen molar-refractivity contribution in [3.63, 3.8) is 0 Å². The molecule has 0 amide bonds. The van der Waals surface area contributed by atoms with Crippen LogP contribution < -0.4 is 4.90 Å². The molecule has 0 saturated carbocycles. The topological polar surface area (TPSA) is 38.2 Å². The standard InChI is InChI=1S/C11H16ClN3O/c1-16-10-3-2-4-15(8-10)11-13-6-9(5-12)7-14-11/h6-7,10H,2-5,8H2,1H3. The molecule has 1 aromatic rings. The quantitative estimate of drug-likeness (QED) is 0.757. The second kappa shape index (κ2) is 5.46. The summed E-state index contributed by atoms with van der Waals surface area (Å²) in [5.74, 6) is 1.23. The predicted molar refractivity (Wildman–Crippen MR) is 63.8 cm³/mol. The first-order valence-electron chi connectivity index (χ1n) is 5.48. The summed E-state index contributed by atoms with van der Waals surface area (Å²) in [5.41, 5.74) is 0.950. The molecule has 1 aliphatic rings. The number of ether oxygens (including phenoxy) is 1. The lowest BCUT2D eigenvalue weighted by atomic mass is 10.1. The second-order valence-corrected chi connectivity index (χ2v) is 4.24. The zero-order valence-corrected chi connectivity index (χ0v) is 10.2. The second-order valence-electron chi connectivity index (χ2n) is 3.97. The van der Waals surface area contributed by atoms with Crippen molar-refractivity contribution < 1.29 is 4.74 Å². The summed E-state index contributed by atoms with van der Waals surface area (Å²) >= 11 is 5.70. The highest BCUT2D eigenvalue weighted by atomic mass is 35.5. The van der Waals surface area contributed by atoms with Gasteiger partial charge in [-0.15, -0.1) is 11.6 Å². The summed E-state index contributed by atoms with van der Waals surface area (Å²) in [6.45, 7) is 1.87. The smallest absolute Gasteiger partial charge is 0.225 e. The van der Waals surface area contributed by atoms with Crippen LogP contribution in [0.5, 0.6) is 0 Å². The van der Waals surface area contributed by atoms with Crippen LogP contribution in [0.25, 0.3) is 0 Å². The molecule has 1 unspecified atom stereocenters. The molecule has 2 rings (SSSR count). The van der Waals surface area contributed by atoms with Gasteiger partial charge in [-0.1, -0.05) is 0 Å². The number of rotatable bonds is 3. The van der Waals surface area contributed by atoms with Gasteiger partial charge in [0.2, 0.25) is 5.95 Å². The van der Waals surface area contributed by atoms with E-state index < -0.39 is 0 Å². The monoisotopic (exact) mass is 241 g/mol. The molecule has 5 heteroatoms. The Labute approximate surface area is 101 Å². The Hall–Kier alpha value is -0.870. The normalized spacial score (nSPS) is 21.1. The fraction of sp³-hybridized carbons (Fsp3) is 0.636. The Morgan fingerprint density at radius 3 is 2.88 bits per heavy atom. The van der Waals surface area contributed by atoms with Crippen LogP contribution in [0.1, 0.15) is 18.4 Å². The van der Waals surface area contributed by atoms with Gasteiger partial charge in [0.25, 0.3) is 0 Å². The Morgan fingerprint density at radius 2 is 2.25 bits per heavy atom. The first kappa shape index (κ1) is 11.6. The summed E-state index contributed by atoms with van der Waals surface area (Å²) in [7, 11) is 1.76. The van der Waals surface area contributed by atoms with Crippen molar-refractivity contribution in [1.29, 1.82) is 0 Å². The first-order chi connectivity index (χ1) is 7.83. The number of nitrogens with zero attached hydrogens (tertiary/aromatic N) is 3. The van der Waals surface area contributed by atoms with E-state index >= 15 is 0 Å². The van der Waals surface area contributed by atoms with E-state index in [4.69, 9.17) is 16.3 Å². The minimum Gasteiger partial charge on any atom is -0.380 e. The SMILES string of the molecule is COC1CCCN(c2ncc(CCl)cn2)C1. The van der Waals surface area contributed by atoms with Crippen LogP contribution in [0.3, 0.4) is 0 Å². The van der Waals surface area contributed by atoms with Crippen LogP contribution in [0, 0.1) is 0 Å². The highest BCUT2D eigenvalue weighted by molar-refractivity contribution is 6.17. The van der Waals surface area contributed by atoms with Crippen molar-refractivity contribution in [3.05, 3.63) is 18.0 Å². The van der Waals surface area contributed by atoms with Crippen LogP contribution in [-0.4, -0.2) is 36.3 Å². The van der Waals surface area contributed by atoms with Crippen molar-refractivity contribution in [2.75, 3.05) is 25.1 Å². The molecule has 0 bridgehead atoms. The largest absolute Gasteiger partial charge is 0.380 e. The van der Waals surface area contributed by atoms with Gasteiger partial charge in [0.05, 0.1) is 12.0 Å². The number of halogens is 1. The highest BCUT2D eigenvalue weighted by Crippen LogP contribution is 2.17. The third-order valence-electron chi connectivity index (χ3n) is 2.84. The van der Waals surface area contributed by atoms with Gasteiger partial charge in [0.1, 0.15) is 0 Å². The molecule has 0 spiro atoms. The van der Waals surface area contributed by atoms with Crippen LogP contribution in [0.2, 0.25) is 0 Å². The molecule has 1 aromatic heterocycles. The van der Waals surface area contributed by atoms with Gasteiger partial charge in [-0.25, -0.2) is 9.97 Å². The van der Waals surface area contributed by atoms with Gasteiger partial charge >= 0.3 is 0 Å². The first-order valence-corrected chi connectivity index (χ1v) is 6.01. The van der Waals surface area contributed by atoms with Crippen molar-refractivity contribution in [2.45, 2.75) is 24.8 Å². The van der Waals surface area contributed by atoms with E-state index in [9.17, 15) is 0 Å². The molecule has 1 fully saturated rings. The molecule has 88 valence electrons. The molecule has 0 aromatic carbocycles. The van der Waals surface area contributed by atoms with Gasteiger partial charge in [-0.2, -0.15) is 0 Å². The molecular weight excluding hydrogens is 226 g/mol. The average molecular weight is 242 g/mol. The van der Waals surface area contributed by atoms with E-state index in [-0.39, 0.29) is 0 Å². The van der Waals surface area contributed by atoms with Gasteiger partial charge in [0, 0.05) is 38.2 Å². The molecule has 4 nitrogen and oxygen atoms in total.